The summed E-state index contributed by atoms with van der Waals surface area (Å²) < 4.78 is 5.75. The molecule has 86 valence electrons. The van der Waals surface area contributed by atoms with Crippen LogP contribution < -0.4 is 4.74 Å². The summed E-state index contributed by atoms with van der Waals surface area (Å²) in [5.41, 5.74) is 9.83. The van der Waals surface area contributed by atoms with Crippen molar-refractivity contribution in [2.75, 3.05) is 6.61 Å². The van der Waals surface area contributed by atoms with Crippen molar-refractivity contribution in [3.05, 3.63) is 52.4 Å². The molecule has 4 nitrogen and oxygen atoms in total. The summed E-state index contributed by atoms with van der Waals surface area (Å²) in [6.07, 6.45) is 5.11. The van der Waals surface area contributed by atoms with E-state index >= 15 is 0 Å². The Morgan fingerprint density at radius 2 is 2.24 bits per heavy atom. The summed E-state index contributed by atoms with van der Waals surface area (Å²) in [7, 11) is 0. The first-order valence-electron chi connectivity index (χ1n) is 5.83. The first kappa shape index (κ1) is 10.2. The number of azide groups is 1. The maximum atomic E-state index is 8.59. The van der Waals surface area contributed by atoms with Crippen LogP contribution in [0.2, 0.25) is 0 Å². The SMILES string of the molecule is [N-]=[N+]=N[C@@H]1C=CC[C@H]2c3ccccc3OC[C@@H]12. The van der Waals surface area contributed by atoms with Crippen LogP contribution in [-0.2, 0) is 0 Å². The number of hydrogen-bond donors (Lipinski definition) is 0. The molecule has 1 aliphatic carbocycles. The zero-order valence-electron chi connectivity index (χ0n) is 9.36. The van der Waals surface area contributed by atoms with Crippen molar-refractivity contribution in [1.29, 1.82) is 0 Å². The lowest BCUT2D eigenvalue weighted by molar-refractivity contribution is 0.177. The fraction of sp³-hybridized carbons (Fsp3) is 0.385. The number of allylic oxidation sites excluding steroid dienone is 1. The summed E-state index contributed by atoms with van der Waals surface area (Å²) in [4.78, 5) is 2.92. The van der Waals surface area contributed by atoms with Crippen LogP contribution in [0.1, 0.15) is 17.9 Å². The third-order valence-corrected chi connectivity index (χ3v) is 3.61. The van der Waals surface area contributed by atoms with Crippen LogP contribution in [0.5, 0.6) is 5.75 Å². The Labute approximate surface area is 99.5 Å². The van der Waals surface area contributed by atoms with Crippen molar-refractivity contribution in [2.24, 2.45) is 11.0 Å². The van der Waals surface area contributed by atoms with Crippen LogP contribution in [0.25, 0.3) is 10.4 Å². The predicted molar refractivity (Wildman–Crippen MR) is 64.9 cm³/mol. The van der Waals surface area contributed by atoms with Gasteiger partial charge >= 0.3 is 0 Å². The zero-order valence-corrected chi connectivity index (χ0v) is 9.36. The molecule has 1 aromatic carbocycles. The van der Waals surface area contributed by atoms with E-state index in [1.54, 1.807) is 0 Å². The average molecular weight is 227 g/mol. The van der Waals surface area contributed by atoms with Crippen LogP contribution in [0.15, 0.2) is 41.5 Å². The monoisotopic (exact) mass is 227 g/mol. The van der Waals surface area contributed by atoms with E-state index in [0.717, 1.165) is 12.2 Å². The molecule has 3 rings (SSSR count). The predicted octanol–water partition coefficient (Wildman–Crippen LogP) is 3.42. The van der Waals surface area contributed by atoms with Gasteiger partial charge in [-0.25, -0.2) is 0 Å². The van der Waals surface area contributed by atoms with E-state index in [1.807, 2.05) is 24.3 Å². The highest BCUT2D eigenvalue weighted by Gasteiger charge is 2.36. The lowest BCUT2D eigenvalue weighted by atomic mass is 9.75. The molecule has 17 heavy (non-hydrogen) atoms. The molecule has 2 aliphatic rings. The summed E-state index contributed by atoms with van der Waals surface area (Å²) in [5.74, 6) is 1.66. The Morgan fingerprint density at radius 3 is 3.12 bits per heavy atom. The smallest absolute Gasteiger partial charge is 0.122 e. The van der Waals surface area contributed by atoms with E-state index in [4.69, 9.17) is 10.3 Å². The summed E-state index contributed by atoms with van der Waals surface area (Å²) in [5, 5.41) is 3.85. The van der Waals surface area contributed by atoms with Crippen LogP contribution in [0.3, 0.4) is 0 Å². The lowest BCUT2D eigenvalue weighted by Gasteiger charge is -2.37. The van der Waals surface area contributed by atoms with Gasteiger partial charge in [-0.15, -0.1) is 0 Å². The standard InChI is InChI=1S/C13H13N3O/c14-16-15-12-6-3-5-9-10-4-1-2-7-13(10)17-8-11(9)12/h1-4,6-7,9,11-12H,5,8H2/t9-,11+,12+/m0/s1. The molecule has 0 unspecified atom stereocenters. The van der Waals surface area contributed by atoms with Crippen LogP contribution >= 0.6 is 0 Å². The van der Waals surface area contributed by atoms with Crippen molar-refractivity contribution in [3.8, 4) is 5.75 Å². The van der Waals surface area contributed by atoms with E-state index in [1.165, 1.54) is 5.56 Å². The molecule has 1 heterocycles. The molecule has 3 atom stereocenters. The maximum Gasteiger partial charge on any atom is 0.122 e. The maximum absolute atomic E-state index is 8.59. The molecule has 0 radical (unpaired) electrons. The van der Waals surface area contributed by atoms with Gasteiger partial charge in [0.05, 0.1) is 12.6 Å². The summed E-state index contributed by atoms with van der Waals surface area (Å²) in [6.45, 7) is 0.635. The third-order valence-electron chi connectivity index (χ3n) is 3.61. The van der Waals surface area contributed by atoms with Gasteiger partial charge in [-0.3, -0.25) is 0 Å². The van der Waals surface area contributed by atoms with E-state index in [2.05, 4.69) is 22.2 Å². The molecule has 0 saturated heterocycles. The highest BCUT2D eigenvalue weighted by atomic mass is 16.5. The molecule has 1 aromatic rings. The fourth-order valence-electron chi connectivity index (χ4n) is 2.78. The minimum atomic E-state index is -0.0768. The van der Waals surface area contributed by atoms with Gasteiger partial charge < -0.3 is 4.74 Å². The number of hydrogen-bond acceptors (Lipinski definition) is 2. The molecule has 0 saturated carbocycles. The van der Waals surface area contributed by atoms with Crippen LogP contribution in [0.4, 0.5) is 0 Å². The Bertz CT molecular complexity index is 505. The summed E-state index contributed by atoms with van der Waals surface area (Å²) in [6, 6.07) is 8.06. The highest BCUT2D eigenvalue weighted by Crippen LogP contribution is 2.43. The largest absolute Gasteiger partial charge is 0.493 e. The molecule has 4 heteroatoms. The van der Waals surface area contributed by atoms with Gasteiger partial charge in [-0.1, -0.05) is 35.5 Å². The topological polar surface area (TPSA) is 58.0 Å². The van der Waals surface area contributed by atoms with Crippen molar-refractivity contribution < 1.29 is 4.74 Å². The second-order valence-electron chi connectivity index (χ2n) is 4.48. The first-order valence-corrected chi connectivity index (χ1v) is 5.83. The molecule has 0 amide bonds. The van der Waals surface area contributed by atoms with Crippen molar-refractivity contribution >= 4 is 0 Å². The molecule has 0 N–H and O–H groups in total. The normalized spacial score (nSPS) is 29.5. The van der Waals surface area contributed by atoms with Gasteiger partial charge in [0, 0.05) is 10.8 Å². The van der Waals surface area contributed by atoms with Crippen LogP contribution in [0, 0.1) is 5.92 Å². The molecule has 0 fully saturated rings. The van der Waals surface area contributed by atoms with Gasteiger partial charge in [0.1, 0.15) is 5.75 Å². The Balaban J connectivity index is 2.00. The second-order valence-corrected chi connectivity index (χ2v) is 4.48. The Kier molecular flexibility index (Phi) is 2.50. The quantitative estimate of drug-likeness (QED) is 0.314. The van der Waals surface area contributed by atoms with Crippen molar-refractivity contribution in [1.82, 2.24) is 0 Å². The first-order chi connectivity index (χ1) is 8.40. The molecule has 0 bridgehead atoms. The zero-order chi connectivity index (χ0) is 11.7. The molecular weight excluding hydrogens is 214 g/mol. The van der Waals surface area contributed by atoms with Gasteiger partial charge in [-0.05, 0) is 29.5 Å². The Hall–Kier alpha value is -1.93. The average Bonchev–Trinajstić information content (AvgIpc) is 2.39. The number of para-hydroxylation sites is 1. The molecule has 0 spiro atoms. The molecule has 1 aliphatic heterocycles. The van der Waals surface area contributed by atoms with Gasteiger partial charge in [0.15, 0.2) is 0 Å². The number of rotatable bonds is 1. The molecular formula is C13H13N3O. The minimum Gasteiger partial charge on any atom is -0.493 e. The van der Waals surface area contributed by atoms with Crippen LogP contribution in [-0.4, -0.2) is 12.6 Å². The van der Waals surface area contributed by atoms with Gasteiger partial charge in [-0.2, -0.15) is 0 Å². The second kappa shape index (κ2) is 4.15. The number of fused-ring (bicyclic) bond motifs is 3. The highest BCUT2D eigenvalue weighted by molar-refractivity contribution is 5.40. The van der Waals surface area contributed by atoms with Crippen molar-refractivity contribution in [2.45, 2.75) is 18.4 Å². The van der Waals surface area contributed by atoms with E-state index < -0.39 is 0 Å². The number of benzene rings is 1. The minimum absolute atomic E-state index is 0.0768. The van der Waals surface area contributed by atoms with Gasteiger partial charge in [0.25, 0.3) is 0 Å². The van der Waals surface area contributed by atoms with E-state index in [0.29, 0.717) is 12.5 Å². The van der Waals surface area contributed by atoms with Gasteiger partial charge in [0.2, 0.25) is 0 Å². The summed E-state index contributed by atoms with van der Waals surface area (Å²) >= 11 is 0. The molecule has 0 aromatic heterocycles. The number of nitrogens with zero attached hydrogens (tertiary/aromatic N) is 3. The Morgan fingerprint density at radius 1 is 1.35 bits per heavy atom. The van der Waals surface area contributed by atoms with E-state index in [-0.39, 0.29) is 12.0 Å². The third kappa shape index (κ3) is 1.67. The van der Waals surface area contributed by atoms with Crippen molar-refractivity contribution in [3.63, 3.8) is 0 Å². The fourth-order valence-corrected chi connectivity index (χ4v) is 2.78. The number of ether oxygens (including phenoxy) is 1. The lowest BCUT2D eigenvalue weighted by Crippen LogP contribution is -2.35. The van der Waals surface area contributed by atoms with E-state index in [9.17, 15) is 0 Å².